The van der Waals surface area contributed by atoms with Gasteiger partial charge in [0.1, 0.15) is 0 Å². The molecule has 2 aliphatic rings. The van der Waals surface area contributed by atoms with Crippen molar-refractivity contribution in [1.82, 2.24) is 0 Å². The molecule has 1 aromatic carbocycles. The Balaban J connectivity index is 1.91. The number of benzene rings is 1. The lowest BCUT2D eigenvalue weighted by molar-refractivity contribution is -0.150. The van der Waals surface area contributed by atoms with Gasteiger partial charge in [-0.1, -0.05) is 37.3 Å². The standard InChI is InChI=1S/C16H22O2/c1-15-9-6-10-16(2,18-14(15)17)13(15)11-12-7-4-3-5-8-12/h3-5,7-8,13-14,17H,6,9-11H2,1-2H3. The van der Waals surface area contributed by atoms with Crippen LogP contribution >= 0.6 is 0 Å². The Bertz CT molecular complexity index is 430. The highest BCUT2D eigenvalue weighted by Gasteiger charge is 2.60. The fourth-order valence-corrected chi connectivity index (χ4v) is 3.99. The van der Waals surface area contributed by atoms with Crippen LogP contribution in [0.25, 0.3) is 0 Å². The fourth-order valence-electron chi connectivity index (χ4n) is 3.99. The Kier molecular flexibility index (Phi) is 2.76. The average molecular weight is 246 g/mol. The Morgan fingerprint density at radius 2 is 1.94 bits per heavy atom. The van der Waals surface area contributed by atoms with Gasteiger partial charge in [-0.15, -0.1) is 0 Å². The third-order valence-corrected chi connectivity index (χ3v) is 5.15. The molecule has 1 N–H and O–H groups in total. The van der Waals surface area contributed by atoms with Crippen LogP contribution in [0.1, 0.15) is 38.7 Å². The summed E-state index contributed by atoms with van der Waals surface area (Å²) in [6.07, 6.45) is 3.71. The largest absolute Gasteiger partial charge is 0.367 e. The van der Waals surface area contributed by atoms with Gasteiger partial charge in [0.2, 0.25) is 0 Å². The van der Waals surface area contributed by atoms with Gasteiger partial charge in [0.15, 0.2) is 6.29 Å². The molecule has 1 aliphatic carbocycles. The molecule has 2 bridgehead atoms. The van der Waals surface area contributed by atoms with E-state index in [4.69, 9.17) is 4.74 Å². The van der Waals surface area contributed by atoms with E-state index in [-0.39, 0.29) is 11.0 Å². The maximum Gasteiger partial charge on any atom is 0.161 e. The average Bonchev–Trinajstić information content (AvgIpc) is 2.46. The van der Waals surface area contributed by atoms with Crippen molar-refractivity contribution in [2.24, 2.45) is 11.3 Å². The van der Waals surface area contributed by atoms with Gasteiger partial charge in [0, 0.05) is 11.3 Å². The Morgan fingerprint density at radius 1 is 1.22 bits per heavy atom. The lowest BCUT2D eigenvalue weighted by atomic mass is 9.61. The van der Waals surface area contributed by atoms with Crippen molar-refractivity contribution in [2.75, 3.05) is 0 Å². The highest BCUT2D eigenvalue weighted by atomic mass is 16.6. The third kappa shape index (κ3) is 1.70. The van der Waals surface area contributed by atoms with Gasteiger partial charge in [-0.25, -0.2) is 0 Å². The molecular formula is C16H22O2. The molecule has 0 amide bonds. The summed E-state index contributed by atoms with van der Waals surface area (Å²) in [7, 11) is 0. The molecule has 3 rings (SSSR count). The molecule has 18 heavy (non-hydrogen) atoms. The molecule has 1 heterocycles. The van der Waals surface area contributed by atoms with Crippen LogP contribution in [0, 0.1) is 11.3 Å². The van der Waals surface area contributed by atoms with E-state index in [0.29, 0.717) is 5.92 Å². The fraction of sp³-hybridized carbons (Fsp3) is 0.625. The van der Waals surface area contributed by atoms with E-state index in [0.717, 1.165) is 25.7 Å². The molecule has 4 atom stereocenters. The zero-order valence-corrected chi connectivity index (χ0v) is 11.2. The van der Waals surface area contributed by atoms with Gasteiger partial charge in [0.25, 0.3) is 0 Å². The predicted octanol–water partition coefficient (Wildman–Crippen LogP) is 3.14. The van der Waals surface area contributed by atoms with Gasteiger partial charge >= 0.3 is 0 Å². The smallest absolute Gasteiger partial charge is 0.161 e. The third-order valence-electron chi connectivity index (χ3n) is 5.15. The first-order chi connectivity index (χ1) is 8.55. The maximum atomic E-state index is 10.3. The van der Waals surface area contributed by atoms with Gasteiger partial charge in [-0.2, -0.15) is 0 Å². The quantitative estimate of drug-likeness (QED) is 0.868. The van der Waals surface area contributed by atoms with Crippen molar-refractivity contribution in [1.29, 1.82) is 0 Å². The summed E-state index contributed by atoms with van der Waals surface area (Å²) in [4.78, 5) is 0. The number of aliphatic hydroxyl groups is 1. The summed E-state index contributed by atoms with van der Waals surface area (Å²) in [6, 6.07) is 10.6. The highest BCUT2D eigenvalue weighted by molar-refractivity contribution is 5.19. The molecule has 2 nitrogen and oxygen atoms in total. The molecule has 0 radical (unpaired) electrons. The van der Waals surface area contributed by atoms with Gasteiger partial charge in [-0.05, 0) is 38.2 Å². The van der Waals surface area contributed by atoms with E-state index in [9.17, 15) is 5.11 Å². The molecule has 2 heteroatoms. The van der Waals surface area contributed by atoms with Crippen molar-refractivity contribution in [2.45, 2.75) is 51.4 Å². The van der Waals surface area contributed by atoms with Crippen LogP contribution in [0.3, 0.4) is 0 Å². The van der Waals surface area contributed by atoms with Crippen molar-refractivity contribution < 1.29 is 9.84 Å². The first-order valence-electron chi connectivity index (χ1n) is 6.94. The number of rotatable bonds is 2. The van der Waals surface area contributed by atoms with Crippen LogP contribution in [0.15, 0.2) is 30.3 Å². The van der Waals surface area contributed by atoms with Gasteiger partial charge < -0.3 is 9.84 Å². The van der Waals surface area contributed by atoms with E-state index < -0.39 is 6.29 Å². The zero-order valence-electron chi connectivity index (χ0n) is 11.2. The second-order valence-corrected chi connectivity index (χ2v) is 6.38. The Labute approximate surface area is 109 Å². The van der Waals surface area contributed by atoms with Gasteiger partial charge in [-0.3, -0.25) is 0 Å². The molecule has 0 spiro atoms. The van der Waals surface area contributed by atoms with Crippen LogP contribution < -0.4 is 0 Å². The second-order valence-electron chi connectivity index (χ2n) is 6.38. The topological polar surface area (TPSA) is 29.5 Å². The molecule has 1 aliphatic heterocycles. The SMILES string of the molecule is CC12CCCC(C)(C(O)O1)C2Cc1ccccc1. The lowest BCUT2D eigenvalue weighted by Crippen LogP contribution is -2.43. The van der Waals surface area contributed by atoms with Crippen LogP contribution in [0.4, 0.5) is 0 Å². The van der Waals surface area contributed by atoms with Crippen molar-refractivity contribution in [3.05, 3.63) is 35.9 Å². The molecule has 1 saturated carbocycles. The minimum atomic E-state index is -0.598. The van der Waals surface area contributed by atoms with E-state index >= 15 is 0 Å². The summed E-state index contributed by atoms with van der Waals surface area (Å²) in [5.41, 5.74) is 1.12. The minimum Gasteiger partial charge on any atom is -0.367 e. The first-order valence-corrected chi connectivity index (χ1v) is 6.94. The van der Waals surface area contributed by atoms with Crippen LogP contribution in [0.2, 0.25) is 0 Å². The van der Waals surface area contributed by atoms with Crippen molar-refractivity contribution in [3.8, 4) is 0 Å². The van der Waals surface area contributed by atoms with E-state index in [1.807, 2.05) is 6.07 Å². The normalized spacial score (nSPS) is 43.1. The van der Waals surface area contributed by atoms with Gasteiger partial charge in [0.05, 0.1) is 5.60 Å². The number of hydrogen-bond acceptors (Lipinski definition) is 2. The Morgan fingerprint density at radius 3 is 2.61 bits per heavy atom. The highest BCUT2D eigenvalue weighted by Crippen LogP contribution is 2.57. The predicted molar refractivity (Wildman–Crippen MR) is 71.1 cm³/mol. The monoisotopic (exact) mass is 246 g/mol. The van der Waals surface area contributed by atoms with Crippen molar-refractivity contribution in [3.63, 3.8) is 0 Å². The lowest BCUT2D eigenvalue weighted by Gasteiger charge is -2.42. The summed E-state index contributed by atoms with van der Waals surface area (Å²) in [5.74, 6) is 0.413. The van der Waals surface area contributed by atoms with E-state index in [1.54, 1.807) is 0 Å². The van der Waals surface area contributed by atoms with Crippen LogP contribution in [-0.2, 0) is 11.2 Å². The summed E-state index contributed by atoms with van der Waals surface area (Å²) >= 11 is 0. The Hall–Kier alpha value is -0.860. The summed E-state index contributed by atoms with van der Waals surface area (Å²) in [5, 5.41) is 10.3. The zero-order chi connectivity index (χ0) is 12.8. The van der Waals surface area contributed by atoms with Crippen LogP contribution in [-0.4, -0.2) is 17.0 Å². The minimum absolute atomic E-state index is 0.0805. The molecule has 1 saturated heterocycles. The van der Waals surface area contributed by atoms with E-state index in [2.05, 4.69) is 38.1 Å². The molecule has 2 fully saturated rings. The molecule has 4 unspecified atom stereocenters. The molecule has 0 aromatic heterocycles. The molecular weight excluding hydrogens is 224 g/mol. The second kappa shape index (κ2) is 4.07. The van der Waals surface area contributed by atoms with Crippen molar-refractivity contribution >= 4 is 0 Å². The van der Waals surface area contributed by atoms with Crippen LogP contribution in [0.5, 0.6) is 0 Å². The summed E-state index contributed by atoms with van der Waals surface area (Å²) in [6.45, 7) is 4.36. The van der Waals surface area contributed by atoms with E-state index in [1.165, 1.54) is 5.56 Å². The number of aliphatic hydroxyl groups excluding tert-OH is 1. The first kappa shape index (κ1) is 12.2. The number of fused-ring (bicyclic) bond motifs is 2. The molecule has 98 valence electrons. The number of hydrogen-bond donors (Lipinski definition) is 1. The number of ether oxygens (including phenoxy) is 1. The molecule has 1 aromatic rings. The maximum absolute atomic E-state index is 10.3. The summed E-state index contributed by atoms with van der Waals surface area (Å²) < 4.78 is 5.92.